The second-order valence-electron chi connectivity index (χ2n) is 4.78. The molecule has 2 rings (SSSR count). The van der Waals surface area contributed by atoms with E-state index >= 15 is 0 Å². The fourth-order valence-electron chi connectivity index (χ4n) is 1.88. The molecule has 1 aromatic heterocycles. The summed E-state index contributed by atoms with van der Waals surface area (Å²) in [6.45, 7) is 1.81. The molecule has 116 valence electrons. The highest BCUT2D eigenvalue weighted by molar-refractivity contribution is 7.98. The van der Waals surface area contributed by atoms with E-state index in [9.17, 15) is 9.59 Å². The summed E-state index contributed by atoms with van der Waals surface area (Å²) < 4.78 is 5.16. The molecular formula is C16H17NO4S. The van der Waals surface area contributed by atoms with Crippen molar-refractivity contribution in [3.63, 3.8) is 0 Å². The first-order chi connectivity index (χ1) is 10.6. The number of anilines is 1. The minimum absolute atomic E-state index is 0.152. The van der Waals surface area contributed by atoms with Crippen LogP contribution in [0.2, 0.25) is 0 Å². The molecule has 0 saturated heterocycles. The molecule has 0 bridgehead atoms. The normalized spacial score (nSPS) is 10.4. The topological polar surface area (TPSA) is 79.5 Å². The number of hydrogen-bond acceptors (Lipinski definition) is 4. The largest absolute Gasteiger partial charge is 0.481 e. The van der Waals surface area contributed by atoms with Crippen LogP contribution < -0.4 is 5.32 Å². The Kier molecular flexibility index (Phi) is 5.66. The van der Waals surface area contributed by atoms with Gasteiger partial charge in [-0.3, -0.25) is 9.59 Å². The van der Waals surface area contributed by atoms with Gasteiger partial charge in [-0.05, 0) is 30.7 Å². The maximum absolute atomic E-state index is 12.1. The molecule has 22 heavy (non-hydrogen) atoms. The number of furan rings is 1. The molecule has 0 fully saturated rings. The van der Waals surface area contributed by atoms with E-state index in [4.69, 9.17) is 9.52 Å². The van der Waals surface area contributed by atoms with Crippen LogP contribution in [0.3, 0.4) is 0 Å². The van der Waals surface area contributed by atoms with E-state index in [1.165, 1.54) is 6.26 Å². The molecule has 2 N–H and O–H groups in total. The average molecular weight is 319 g/mol. The lowest BCUT2D eigenvalue weighted by Gasteiger charge is -2.07. The Balaban J connectivity index is 1.92. The molecule has 0 aliphatic carbocycles. The zero-order valence-corrected chi connectivity index (χ0v) is 13.0. The first-order valence-electron chi connectivity index (χ1n) is 6.80. The second kappa shape index (κ2) is 7.70. The number of benzene rings is 1. The molecule has 5 nitrogen and oxygen atoms in total. The Bertz CT molecular complexity index is 666. The van der Waals surface area contributed by atoms with Crippen LogP contribution >= 0.6 is 11.8 Å². The first-order valence-corrected chi connectivity index (χ1v) is 7.95. The van der Waals surface area contributed by atoms with Gasteiger partial charge in [0.15, 0.2) is 5.76 Å². The van der Waals surface area contributed by atoms with Gasteiger partial charge in [0.05, 0.1) is 12.7 Å². The van der Waals surface area contributed by atoms with Crippen molar-refractivity contribution in [1.82, 2.24) is 0 Å². The quantitative estimate of drug-likeness (QED) is 0.763. The minimum atomic E-state index is -0.790. The molecule has 1 aromatic carbocycles. The molecule has 0 saturated carbocycles. The highest BCUT2D eigenvalue weighted by Gasteiger charge is 2.12. The Morgan fingerprint density at radius 2 is 2.14 bits per heavy atom. The van der Waals surface area contributed by atoms with E-state index in [0.29, 0.717) is 23.0 Å². The number of carbonyl (C=O) groups is 2. The van der Waals surface area contributed by atoms with Crippen molar-refractivity contribution in [2.24, 2.45) is 0 Å². The fraction of sp³-hybridized carbons (Fsp3) is 0.250. The lowest BCUT2D eigenvalue weighted by atomic mass is 10.2. The van der Waals surface area contributed by atoms with Crippen molar-refractivity contribution in [3.8, 4) is 0 Å². The summed E-state index contributed by atoms with van der Waals surface area (Å²) in [7, 11) is 0. The lowest BCUT2D eigenvalue weighted by molar-refractivity contribution is -0.136. The fourth-order valence-corrected chi connectivity index (χ4v) is 2.76. The van der Waals surface area contributed by atoms with Crippen molar-refractivity contribution < 1.29 is 19.1 Å². The molecular weight excluding hydrogens is 302 g/mol. The molecule has 2 aromatic rings. The van der Waals surface area contributed by atoms with Gasteiger partial charge >= 0.3 is 5.97 Å². The van der Waals surface area contributed by atoms with Gasteiger partial charge < -0.3 is 14.8 Å². The number of amides is 1. The lowest BCUT2D eigenvalue weighted by Crippen LogP contribution is -2.12. The molecule has 1 amide bonds. The van der Waals surface area contributed by atoms with Gasteiger partial charge in [-0.2, -0.15) is 11.8 Å². The second-order valence-corrected chi connectivity index (χ2v) is 5.89. The number of carbonyl (C=O) groups excluding carboxylic acids is 1. The van der Waals surface area contributed by atoms with Crippen LogP contribution in [0.15, 0.2) is 41.0 Å². The summed E-state index contributed by atoms with van der Waals surface area (Å²) in [4.78, 5) is 22.5. The Hall–Kier alpha value is -2.21. The van der Waals surface area contributed by atoms with E-state index in [1.54, 1.807) is 17.8 Å². The molecule has 0 aliphatic heterocycles. The SMILES string of the molecule is Cc1ccoc1C(=O)Nc1cccc(CSCCC(=O)O)c1. The van der Waals surface area contributed by atoms with Gasteiger partial charge in [0.2, 0.25) is 0 Å². The van der Waals surface area contributed by atoms with E-state index < -0.39 is 5.97 Å². The van der Waals surface area contributed by atoms with Crippen molar-refractivity contribution in [1.29, 1.82) is 0 Å². The number of aryl methyl sites for hydroxylation is 1. The van der Waals surface area contributed by atoms with E-state index in [2.05, 4.69) is 5.32 Å². The zero-order valence-electron chi connectivity index (χ0n) is 12.2. The predicted octanol–water partition coefficient (Wildman–Crippen LogP) is 3.55. The van der Waals surface area contributed by atoms with Gasteiger partial charge in [-0.15, -0.1) is 0 Å². The number of thioether (sulfide) groups is 1. The average Bonchev–Trinajstić information content (AvgIpc) is 2.90. The van der Waals surface area contributed by atoms with Crippen molar-refractivity contribution in [2.45, 2.75) is 19.1 Å². The van der Waals surface area contributed by atoms with Crippen LogP contribution in [-0.4, -0.2) is 22.7 Å². The van der Waals surface area contributed by atoms with Crippen molar-refractivity contribution >= 4 is 29.3 Å². The van der Waals surface area contributed by atoms with Crippen molar-refractivity contribution in [2.75, 3.05) is 11.1 Å². The van der Waals surface area contributed by atoms with E-state index in [0.717, 1.165) is 11.1 Å². The predicted molar refractivity (Wildman–Crippen MR) is 86.3 cm³/mol. The standard InChI is InChI=1S/C16H17NO4S/c1-11-5-7-21-15(11)16(20)17-13-4-2-3-12(9-13)10-22-8-6-14(18)19/h2-5,7,9H,6,8,10H2,1H3,(H,17,20)(H,18,19). The molecule has 0 atom stereocenters. The van der Waals surface area contributed by atoms with Crippen LogP contribution in [0.4, 0.5) is 5.69 Å². The zero-order chi connectivity index (χ0) is 15.9. The third-order valence-electron chi connectivity index (χ3n) is 2.98. The Morgan fingerprint density at radius 3 is 2.82 bits per heavy atom. The van der Waals surface area contributed by atoms with E-state index in [1.807, 2.05) is 31.2 Å². The number of carboxylic acids is 1. The minimum Gasteiger partial charge on any atom is -0.481 e. The van der Waals surface area contributed by atoms with E-state index in [-0.39, 0.29) is 12.3 Å². The maximum atomic E-state index is 12.1. The molecule has 1 heterocycles. The van der Waals surface area contributed by atoms with Crippen LogP contribution in [-0.2, 0) is 10.5 Å². The van der Waals surface area contributed by atoms with Crippen LogP contribution in [0.25, 0.3) is 0 Å². The summed E-state index contributed by atoms with van der Waals surface area (Å²) in [5.74, 6) is 0.510. The van der Waals surface area contributed by atoms with Crippen LogP contribution in [0, 0.1) is 6.92 Å². The van der Waals surface area contributed by atoms with Gasteiger partial charge in [-0.25, -0.2) is 0 Å². The van der Waals surface area contributed by atoms with Crippen LogP contribution in [0.5, 0.6) is 0 Å². The summed E-state index contributed by atoms with van der Waals surface area (Å²) in [6.07, 6.45) is 1.64. The Morgan fingerprint density at radius 1 is 1.32 bits per heavy atom. The number of rotatable bonds is 7. The van der Waals surface area contributed by atoms with Gasteiger partial charge in [0.1, 0.15) is 0 Å². The third-order valence-corrected chi connectivity index (χ3v) is 4.01. The van der Waals surface area contributed by atoms with Gasteiger partial charge in [0, 0.05) is 22.8 Å². The first kappa shape index (κ1) is 16.2. The molecule has 0 radical (unpaired) electrons. The van der Waals surface area contributed by atoms with Crippen LogP contribution in [0.1, 0.15) is 28.1 Å². The van der Waals surface area contributed by atoms with Gasteiger partial charge in [-0.1, -0.05) is 12.1 Å². The molecule has 0 aliphatic rings. The number of hydrogen-bond donors (Lipinski definition) is 2. The number of nitrogens with one attached hydrogen (secondary N) is 1. The number of aliphatic carboxylic acids is 1. The maximum Gasteiger partial charge on any atom is 0.304 e. The third kappa shape index (κ3) is 4.66. The van der Waals surface area contributed by atoms with Crippen molar-refractivity contribution in [3.05, 3.63) is 53.5 Å². The number of carboxylic acid groups (broad SMARTS) is 1. The van der Waals surface area contributed by atoms with Gasteiger partial charge in [0.25, 0.3) is 5.91 Å². The summed E-state index contributed by atoms with van der Waals surface area (Å²) in [5.41, 5.74) is 2.51. The summed E-state index contributed by atoms with van der Waals surface area (Å²) in [6, 6.07) is 9.23. The smallest absolute Gasteiger partial charge is 0.304 e. The highest BCUT2D eigenvalue weighted by atomic mass is 32.2. The molecule has 0 spiro atoms. The summed E-state index contributed by atoms with van der Waals surface area (Å²) in [5, 5.41) is 11.4. The molecule has 6 heteroatoms. The monoisotopic (exact) mass is 319 g/mol. The Labute approximate surface area is 132 Å². The highest BCUT2D eigenvalue weighted by Crippen LogP contribution is 2.18. The summed E-state index contributed by atoms with van der Waals surface area (Å²) >= 11 is 1.55. The molecule has 0 unspecified atom stereocenters.